The van der Waals surface area contributed by atoms with Crippen LogP contribution in [0.5, 0.6) is 0 Å². The predicted octanol–water partition coefficient (Wildman–Crippen LogP) is 3.85. The van der Waals surface area contributed by atoms with Crippen LogP contribution in [0.1, 0.15) is 49.1 Å². The molecule has 0 radical (unpaired) electrons. The zero-order chi connectivity index (χ0) is 13.7. The van der Waals surface area contributed by atoms with Crippen molar-refractivity contribution in [3.63, 3.8) is 0 Å². The molecule has 2 heteroatoms. The van der Waals surface area contributed by atoms with Gasteiger partial charge in [0.1, 0.15) is 0 Å². The molecule has 5 rings (SSSR count). The second-order valence-electron chi connectivity index (χ2n) is 7.23. The van der Waals surface area contributed by atoms with Gasteiger partial charge in [0.25, 0.3) is 0 Å². The lowest BCUT2D eigenvalue weighted by Crippen LogP contribution is -2.44. The van der Waals surface area contributed by atoms with Gasteiger partial charge < -0.3 is 5.11 Å². The molecule has 0 amide bonds. The minimum Gasteiger partial charge on any atom is -0.481 e. The highest BCUT2D eigenvalue weighted by atomic mass is 16.4. The lowest BCUT2D eigenvalue weighted by atomic mass is 9.50. The molecule has 0 atom stereocenters. The summed E-state index contributed by atoms with van der Waals surface area (Å²) in [5.74, 6) is 3.52. The van der Waals surface area contributed by atoms with Crippen molar-refractivity contribution < 1.29 is 9.90 Å². The van der Waals surface area contributed by atoms with Gasteiger partial charge in [-0.3, -0.25) is 4.79 Å². The first-order valence-corrected chi connectivity index (χ1v) is 8.00. The molecule has 0 spiro atoms. The second kappa shape index (κ2) is 4.61. The minimum absolute atomic E-state index is 0.180. The summed E-state index contributed by atoms with van der Waals surface area (Å²) in [6, 6.07) is 8.29. The van der Waals surface area contributed by atoms with Gasteiger partial charge in [-0.05, 0) is 72.8 Å². The number of rotatable bonds is 3. The van der Waals surface area contributed by atoms with Crippen LogP contribution in [0.4, 0.5) is 0 Å². The number of benzene rings is 1. The molecular formula is C18H22O2. The Labute approximate surface area is 120 Å². The Balaban J connectivity index is 1.69. The summed E-state index contributed by atoms with van der Waals surface area (Å²) >= 11 is 0. The van der Waals surface area contributed by atoms with Crippen LogP contribution in [-0.4, -0.2) is 11.1 Å². The Kier molecular flexibility index (Phi) is 2.87. The minimum atomic E-state index is -0.707. The average molecular weight is 270 g/mol. The van der Waals surface area contributed by atoms with E-state index < -0.39 is 5.97 Å². The van der Waals surface area contributed by atoms with E-state index in [1.807, 2.05) is 12.1 Å². The first-order chi connectivity index (χ1) is 9.70. The molecule has 1 aromatic rings. The zero-order valence-corrected chi connectivity index (χ0v) is 11.8. The summed E-state index contributed by atoms with van der Waals surface area (Å²) in [5.41, 5.74) is 2.40. The predicted molar refractivity (Wildman–Crippen MR) is 77.6 cm³/mol. The number of hydrogen-bond donors (Lipinski definition) is 1. The van der Waals surface area contributed by atoms with Gasteiger partial charge >= 0.3 is 5.97 Å². The van der Waals surface area contributed by atoms with E-state index in [-0.39, 0.29) is 6.42 Å². The third kappa shape index (κ3) is 1.97. The van der Waals surface area contributed by atoms with E-state index in [1.54, 1.807) is 0 Å². The Morgan fingerprint density at radius 2 is 1.60 bits per heavy atom. The lowest BCUT2D eigenvalue weighted by Gasteiger charge is -2.55. The zero-order valence-electron chi connectivity index (χ0n) is 11.8. The first kappa shape index (κ1) is 12.4. The summed E-state index contributed by atoms with van der Waals surface area (Å²) < 4.78 is 0. The van der Waals surface area contributed by atoms with Gasteiger partial charge in [0.05, 0.1) is 6.42 Å². The van der Waals surface area contributed by atoms with Crippen LogP contribution in [0.2, 0.25) is 0 Å². The van der Waals surface area contributed by atoms with Crippen molar-refractivity contribution in [1.29, 1.82) is 0 Å². The molecule has 106 valence electrons. The van der Waals surface area contributed by atoms with Crippen LogP contribution < -0.4 is 0 Å². The fourth-order valence-electron chi connectivity index (χ4n) is 5.62. The number of carbonyl (C=O) groups is 1. The quantitative estimate of drug-likeness (QED) is 0.905. The van der Waals surface area contributed by atoms with Gasteiger partial charge in [0.2, 0.25) is 0 Å². The average Bonchev–Trinajstić information content (AvgIpc) is 2.38. The molecule has 0 unspecified atom stereocenters. The van der Waals surface area contributed by atoms with Crippen LogP contribution in [0.25, 0.3) is 0 Å². The molecule has 4 fully saturated rings. The third-order valence-electron chi connectivity index (χ3n) is 5.98. The maximum atomic E-state index is 11.1. The van der Waals surface area contributed by atoms with E-state index >= 15 is 0 Å². The lowest BCUT2D eigenvalue weighted by molar-refractivity contribution is -0.136. The van der Waals surface area contributed by atoms with Crippen LogP contribution in [0.15, 0.2) is 24.3 Å². The van der Waals surface area contributed by atoms with Crippen molar-refractivity contribution in [3.05, 3.63) is 35.4 Å². The van der Waals surface area contributed by atoms with Crippen LogP contribution >= 0.6 is 0 Å². The number of hydrogen-bond acceptors (Lipinski definition) is 1. The molecule has 20 heavy (non-hydrogen) atoms. The van der Waals surface area contributed by atoms with Gasteiger partial charge in [0.15, 0.2) is 0 Å². The van der Waals surface area contributed by atoms with E-state index in [4.69, 9.17) is 5.11 Å². The van der Waals surface area contributed by atoms with E-state index in [0.717, 1.165) is 29.2 Å². The van der Waals surface area contributed by atoms with E-state index in [1.165, 1.54) is 37.7 Å². The third-order valence-corrected chi connectivity index (χ3v) is 5.98. The van der Waals surface area contributed by atoms with Crippen molar-refractivity contribution in [1.82, 2.24) is 0 Å². The van der Waals surface area contributed by atoms with Crippen molar-refractivity contribution in [3.8, 4) is 0 Å². The summed E-state index contributed by atoms with van der Waals surface area (Å²) in [6.45, 7) is 0. The standard InChI is InChI=1S/C18H22O2/c19-17(20)10-13-3-1-2-4-16(13)18-14-6-11-5-12(8-14)9-15(18)7-11/h1-4,11-12,14-15,18H,5-10H2,(H,19,20). The molecule has 0 aliphatic heterocycles. The topological polar surface area (TPSA) is 37.3 Å². The highest BCUT2D eigenvalue weighted by Crippen LogP contribution is 2.60. The Morgan fingerprint density at radius 3 is 2.20 bits per heavy atom. The van der Waals surface area contributed by atoms with Crippen LogP contribution in [0.3, 0.4) is 0 Å². The van der Waals surface area contributed by atoms with Crippen molar-refractivity contribution >= 4 is 5.97 Å². The smallest absolute Gasteiger partial charge is 0.307 e. The molecule has 4 aliphatic carbocycles. The maximum absolute atomic E-state index is 11.1. The fraction of sp³-hybridized carbons (Fsp3) is 0.611. The van der Waals surface area contributed by atoms with E-state index in [2.05, 4.69) is 12.1 Å². The van der Waals surface area contributed by atoms with Crippen LogP contribution in [-0.2, 0) is 11.2 Å². The molecule has 1 N–H and O–H groups in total. The molecular weight excluding hydrogens is 248 g/mol. The summed E-state index contributed by atoms with van der Waals surface area (Å²) in [4.78, 5) is 11.1. The monoisotopic (exact) mass is 270 g/mol. The Morgan fingerprint density at radius 1 is 1.00 bits per heavy atom. The largest absolute Gasteiger partial charge is 0.481 e. The molecule has 4 aliphatic rings. The second-order valence-corrected chi connectivity index (χ2v) is 7.23. The summed E-state index contributed by atoms with van der Waals surface area (Å²) in [6.07, 6.45) is 7.20. The Bertz CT molecular complexity index is 506. The molecule has 4 saturated carbocycles. The SMILES string of the molecule is O=C(O)Cc1ccccc1C1C2CC3CC(C2)CC1C3. The molecule has 0 aromatic heterocycles. The molecule has 0 saturated heterocycles. The van der Waals surface area contributed by atoms with Gasteiger partial charge in [0, 0.05) is 0 Å². The molecule has 2 nitrogen and oxygen atoms in total. The summed E-state index contributed by atoms with van der Waals surface area (Å²) in [5, 5.41) is 9.14. The fourth-order valence-corrected chi connectivity index (χ4v) is 5.62. The molecule has 4 bridgehead atoms. The normalized spacial score (nSPS) is 38.1. The number of carboxylic acids is 1. The first-order valence-electron chi connectivity index (χ1n) is 8.00. The van der Waals surface area contributed by atoms with Gasteiger partial charge in [-0.1, -0.05) is 24.3 Å². The Hall–Kier alpha value is -1.31. The van der Waals surface area contributed by atoms with Crippen molar-refractivity contribution in [2.75, 3.05) is 0 Å². The van der Waals surface area contributed by atoms with Gasteiger partial charge in [-0.15, -0.1) is 0 Å². The van der Waals surface area contributed by atoms with E-state index in [9.17, 15) is 4.79 Å². The highest BCUT2D eigenvalue weighted by Gasteiger charge is 2.48. The van der Waals surface area contributed by atoms with Crippen molar-refractivity contribution in [2.24, 2.45) is 23.7 Å². The highest BCUT2D eigenvalue weighted by molar-refractivity contribution is 5.70. The molecule has 1 aromatic carbocycles. The maximum Gasteiger partial charge on any atom is 0.307 e. The van der Waals surface area contributed by atoms with Crippen LogP contribution in [0, 0.1) is 23.7 Å². The van der Waals surface area contributed by atoms with Gasteiger partial charge in [-0.2, -0.15) is 0 Å². The van der Waals surface area contributed by atoms with Crippen molar-refractivity contribution in [2.45, 2.75) is 44.4 Å². The van der Waals surface area contributed by atoms with Gasteiger partial charge in [-0.25, -0.2) is 0 Å². The summed E-state index contributed by atoms with van der Waals surface area (Å²) in [7, 11) is 0. The number of aliphatic carboxylic acids is 1. The number of carboxylic acid groups (broad SMARTS) is 1. The van der Waals surface area contributed by atoms with E-state index in [0.29, 0.717) is 5.92 Å². The molecule has 0 heterocycles.